The molecule has 21 heavy (non-hydrogen) atoms. The Morgan fingerprint density at radius 2 is 1.90 bits per heavy atom. The Labute approximate surface area is 129 Å². The van der Waals surface area contributed by atoms with Gasteiger partial charge in [-0.05, 0) is 79.6 Å². The lowest BCUT2D eigenvalue weighted by Crippen LogP contribution is -2.07. The van der Waals surface area contributed by atoms with Gasteiger partial charge < -0.3 is 5.73 Å². The molecule has 0 saturated heterocycles. The van der Waals surface area contributed by atoms with E-state index < -0.39 is 0 Å². The lowest BCUT2D eigenvalue weighted by molar-refractivity contribution is 0.610. The normalized spacial score (nSPS) is 15.0. The topological polar surface area (TPSA) is 26.0 Å². The molecule has 1 nitrogen and oxygen atoms in total. The van der Waals surface area contributed by atoms with Gasteiger partial charge in [-0.3, -0.25) is 0 Å². The van der Waals surface area contributed by atoms with Gasteiger partial charge in [0.25, 0.3) is 0 Å². The van der Waals surface area contributed by atoms with Gasteiger partial charge in [0, 0.05) is 15.8 Å². The lowest BCUT2D eigenvalue weighted by Gasteiger charge is -2.14. The first-order valence-corrected chi connectivity index (χ1v) is 8.21. The monoisotopic (exact) mass is 301 g/mol. The van der Waals surface area contributed by atoms with E-state index in [1.54, 1.807) is 24.8 Å². The van der Waals surface area contributed by atoms with Gasteiger partial charge in [0.2, 0.25) is 0 Å². The van der Waals surface area contributed by atoms with Crippen LogP contribution in [-0.4, -0.2) is 0 Å². The quantitative estimate of drug-likeness (QED) is 0.881. The molecule has 0 saturated carbocycles. The highest BCUT2D eigenvalue weighted by Crippen LogP contribution is 2.36. The number of hydrogen-bond donors (Lipinski definition) is 1. The maximum Gasteiger partial charge on any atom is 0.126 e. The van der Waals surface area contributed by atoms with E-state index in [-0.39, 0.29) is 11.9 Å². The van der Waals surface area contributed by atoms with Crippen LogP contribution in [0.2, 0.25) is 0 Å². The van der Waals surface area contributed by atoms with E-state index in [1.807, 2.05) is 13.0 Å². The van der Waals surface area contributed by atoms with Gasteiger partial charge in [0.05, 0.1) is 0 Å². The zero-order valence-corrected chi connectivity index (χ0v) is 13.3. The summed E-state index contributed by atoms with van der Waals surface area (Å²) in [6, 6.07) is 9.99. The number of rotatable bonds is 3. The third-order valence-corrected chi connectivity index (χ3v) is 5.14. The minimum atomic E-state index is -0.180. The second-order valence-electron chi connectivity index (χ2n) is 5.81. The van der Waals surface area contributed by atoms with Crippen LogP contribution in [0.15, 0.2) is 40.1 Å². The lowest BCUT2D eigenvalue weighted by atomic mass is 10.1. The Kier molecular flexibility index (Phi) is 4.05. The Morgan fingerprint density at radius 1 is 1.14 bits per heavy atom. The van der Waals surface area contributed by atoms with Crippen molar-refractivity contribution in [1.82, 2.24) is 0 Å². The van der Waals surface area contributed by atoms with Gasteiger partial charge in [0.15, 0.2) is 0 Å². The molecule has 2 N–H and O–H groups in total. The zero-order chi connectivity index (χ0) is 15.0. The number of fused-ring (bicyclic) bond motifs is 1. The third-order valence-electron chi connectivity index (χ3n) is 4.08. The van der Waals surface area contributed by atoms with Crippen molar-refractivity contribution >= 4 is 11.8 Å². The van der Waals surface area contributed by atoms with Crippen molar-refractivity contribution in [2.45, 2.75) is 48.9 Å². The van der Waals surface area contributed by atoms with E-state index in [0.29, 0.717) is 5.56 Å². The van der Waals surface area contributed by atoms with Crippen LogP contribution in [0.25, 0.3) is 0 Å². The predicted molar refractivity (Wildman–Crippen MR) is 86.3 cm³/mol. The first-order valence-electron chi connectivity index (χ1n) is 7.40. The smallest absolute Gasteiger partial charge is 0.126 e. The molecule has 0 fully saturated rings. The molecule has 1 aliphatic rings. The van der Waals surface area contributed by atoms with Gasteiger partial charge in [-0.25, -0.2) is 4.39 Å². The Hall–Kier alpha value is -1.32. The fraction of sp³-hybridized carbons (Fsp3) is 0.333. The van der Waals surface area contributed by atoms with Gasteiger partial charge in [-0.2, -0.15) is 0 Å². The fourth-order valence-electron chi connectivity index (χ4n) is 2.85. The second-order valence-corrected chi connectivity index (χ2v) is 6.93. The molecule has 3 rings (SSSR count). The minimum Gasteiger partial charge on any atom is -0.324 e. The Bertz CT molecular complexity index is 679. The summed E-state index contributed by atoms with van der Waals surface area (Å²) in [6.07, 6.45) is 3.62. The molecule has 0 aliphatic heterocycles. The fourth-order valence-corrected chi connectivity index (χ4v) is 4.04. The van der Waals surface area contributed by atoms with E-state index in [2.05, 4.69) is 18.2 Å². The number of hydrogen-bond acceptors (Lipinski definition) is 2. The summed E-state index contributed by atoms with van der Waals surface area (Å²) in [7, 11) is 0. The van der Waals surface area contributed by atoms with Crippen LogP contribution in [0.3, 0.4) is 0 Å². The molecule has 2 aromatic carbocycles. The molecule has 2 aromatic rings. The number of nitrogens with two attached hydrogens (primary N) is 1. The molecular formula is C18H20FNS. The number of aryl methyl sites for hydroxylation is 3. The molecule has 0 bridgehead atoms. The van der Waals surface area contributed by atoms with Crippen molar-refractivity contribution in [2.24, 2.45) is 5.73 Å². The van der Waals surface area contributed by atoms with Crippen LogP contribution < -0.4 is 5.73 Å². The van der Waals surface area contributed by atoms with Crippen LogP contribution in [0.1, 0.15) is 41.6 Å². The minimum absolute atomic E-state index is 0.169. The second kappa shape index (κ2) is 5.82. The highest BCUT2D eigenvalue weighted by Gasteiger charge is 2.14. The van der Waals surface area contributed by atoms with E-state index in [9.17, 15) is 4.39 Å². The molecule has 110 valence electrons. The highest BCUT2D eigenvalue weighted by atomic mass is 32.2. The van der Waals surface area contributed by atoms with E-state index in [0.717, 1.165) is 10.5 Å². The van der Waals surface area contributed by atoms with Crippen molar-refractivity contribution in [2.75, 3.05) is 0 Å². The van der Waals surface area contributed by atoms with Crippen molar-refractivity contribution in [1.29, 1.82) is 0 Å². The van der Waals surface area contributed by atoms with Crippen LogP contribution in [0.5, 0.6) is 0 Å². The molecule has 0 spiro atoms. The molecular weight excluding hydrogens is 281 g/mol. The van der Waals surface area contributed by atoms with Gasteiger partial charge in [-0.1, -0.05) is 17.8 Å². The molecule has 1 atom stereocenters. The molecule has 0 aromatic heterocycles. The van der Waals surface area contributed by atoms with Gasteiger partial charge in [0.1, 0.15) is 5.82 Å². The SMILES string of the molecule is Cc1cc(Sc2ccc3c(c2)CCC3)c([C@@H](C)N)cc1F. The Morgan fingerprint density at radius 3 is 2.67 bits per heavy atom. The molecule has 0 amide bonds. The van der Waals surface area contributed by atoms with Crippen LogP contribution in [0, 0.1) is 12.7 Å². The summed E-state index contributed by atoms with van der Waals surface area (Å²) < 4.78 is 13.8. The standard InChI is InChI=1S/C18H20FNS/c1-11-8-18(16(12(2)20)10-17(11)19)21-15-7-6-13-4-3-5-14(13)9-15/h6-10,12H,3-5,20H2,1-2H3/t12-/m1/s1. The van der Waals surface area contributed by atoms with E-state index in [4.69, 9.17) is 5.73 Å². The maximum absolute atomic E-state index is 13.8. The predicted octanol–water partition coefficient (Wildman–Crippen LogP) is 4.79. The maximum atomic E-state index is 13.8. The van der Waals surface area contributed by atoms with Crippen LogP contribution >= 0.6 is 11.8 Å². The largest absolute Gasteiger partial charge is 0.324 e. The highest BCUT2D eigenvalue weighted by molar-refractivity contribution is 7.99. The zero-order valence-electron chi connectivity index (χ0n) is 12.4. The summed E-state index contributed by atoms with van der Waals surface area (Å²) in [5.74, 6) is -0.180. The van der Waals surface area contributed by atoms with Crippen LogP contribution in [0.4, 0.5) is 4.39 Å². The first-order chi connectivity index (χ1) is 10.0. The van der Waals surface area contributed by atoms with Crippen molar-refractivity contribution in [3.8, 4) is 0 Å². The summed E-state index contributed by atoms with van der Waals surface area (Å²) in [5.41, 5.74) is 10.5. The summed E-state index contributed by atoms with van der Waals surface area (Å²) in [6.45, 7) is 3.70. The number of benzene rings is 2. The molecule has 1 aliphatic carbocycles. The average Bonchev–Trinajstić information content (AvgIpc) is 2.89. The van der Waals surface area contributed by atoms with Crippen molar-refractivity contribution in [3.63, 3.8) is 0 Å². The molecule has 3 heteroatoms. The molecule has 0 heterocycles. The summed E-state index contributed by atoms with van der Waals surface area (Å²) >= 11 is 1.68. The average molecular weight is 301 g/mol. The number of halogens is 1. The van der Waals surface area contributed by atoms with Crippen molar-refractivity contribution in [3.05, 3.63) is 58.4 Å². The van der Waals surface area contributed by atoms with Crippen LogP contribution in [-0.2, 0) is 12.8 Å². The molecule has 0 unspecified atom stereocenters. The van der Waals surface area contributed by atoms with Gasteiger partial charge in [-0.15, -0.1) is 0 Å². The first kappa shape index (κ1) is 14.6. The van der Waals surface area contributed by atoms with E-state index >= 15 is 0 Å². The van der Waals surface area contributed by atoms with Gasteiger partial charge >= 0.3 is 0 Å². The summed E-state index contributed by atoms with van der Waals surface area (Å²) in [5, 5.41) is 0. The summed E-state index contributed by atoms with van der Waals surface area (Å²) in [4.78, 5) is 2.27. The van der Waals surface area contributed by atoms with E-state index in [1.165, 1.54) is 35.3 Å². The molecule has 0 radical (unpaired) electrons. The third kappa shape index (κ3) is 2.99. The van der Waals surface area contributed by atoms with Crippen molar-refractivity contribution < 1.29 is 4.39 Å². The Balaban J connectivity index is 1.95.